The Kier molecular flexibility index (Phi) is 17.0. The summed E-state index contributed by atoms with van der Waals surface area (Å²) in [5.41, 5.74) is 9.87. The fraction of sp³-hybridized carbons (Fsp3) is 0.279. The van der Waals surface area contributed by atoms with Crippen LogP contribution in [0.5, 0.6) is 0 Å². The van der Waals surface area contributed by atoms with E-state index < -0.39 is 31.0 Å². The number of aromatic nitrogens is 3. The maximum Gasteiger partial charge on any atom is 0.289 e. The number of para-hydroxylation sites is 3. The molecule has 3 fully saturated rings. The zero-order valence-corrected chi connectivity index (χ0v) is 49.7. The number of amides is 3. The molecule has 448 valence electrons. The van der Waals surface area contributed by atoms with Gasteiger partial charge in [0.25, 0.3) is 34.4 Å². The third kappa shape index (κ3) is 12.0. The third-order valence-corrected chi connectivity index (χ3v) is 17.3. The highest BCUT2D eigenvalue weighted by atomic mass is 32.2. The summed E-state index contributed by atoms with van der Waals surface area (Å²) in [6.45, 7) is 5.80. The molecule has 5 aromatic heterocycles. The molecule has 0 saturated carbocycles. The number of carbonyl (C=O) groups is 3. The zero-order valence-electron chi connectivity index (χ0n) is 48.1. The normalized spacial score (nSPS) is 14.8. The number of hydrogen-bond donors (Lipinski definition) is 2. The molecule has 4 aromatic carbocycles. The first-order chi connectivity index (χ1) is 41.1. The van der Waals surface area contributed by atoms with E-state index in [1.807, 2.05) is 94.7 Å². The Morgan fingerprint density at radius 1 is 0.442 bits per heavy atom. The summed E-state index contributed by atoms with van der Waals surface area (Å²) in [5.74, 6) is 0.262. The van der Waals surface area contributed by atoms with Crippen molar-refractivity contribution < 1.29 is 40.1 Å². The molecule has 0 unspecified atom stereocenters. The van der Waals surface area contributed by atoms with E-state index in [0.717, 1.165) is 34.5 Å². The van der Waals surface area contributed by atoms with Crippen LogP contribution in [0.3, 0.4) is 0 Å². The SMILES string of the molecule is Cn1c(=O)c(N)c(N2CCN(C(=O)c3ccco3)CC2)c2ccccc21.Cn1c(=O)c(NS(C)(=O)=O)c(N2CCN(C(=O)c3ccccc3)CC2)c2ccccc21.Cn1c(=O)c(S(C)(=O)=O)c(N2CCN(C(=O)c3ccco3)CC2)c2ccccc21. The summed E-state index contributed by atoms with van der Waals surface area (Å²) in [6, 6.07) is 38.1. The van der Waals surface area contributed by atoms with Gasteiger partial charge in [0.1, 0.15) is 11.4 Å². The molecule has 3 saturated heterocycles. The summed E-state index contributed by atoms with van der Waals surface area (Å²) in [6.07, 6.45) is 5.03. The number of hydrogen-bond acceptors (Lipinski definition) is 16. The van der Waals surface area contributed by atoms with Crippen LogP contribution in [-0.2, 0) is 41.0 Å². The standard InChI is InChI=1S/C22H24N4O4S.C20H21N3O5S.C19H20N4O3/c1-24-18-11-7-6-10-17(18)20(19(22(24)28)23-31(2,29)30)25-12-14-26(15-13-25)21(27)16-8-4-3-5-9-16;1-21-15-7-4-3-6-14(15)17(18(20(21)25)29(2,26)27)22-9-11-23(12-10-22)19(24)16-8-5-13-28-16;1-21-14-6-3-2-5-13(14)17(16(20)19(21)25)22-8-10-23(11-9-22)18(24)15-7-4-12-26-15/h3-11,23H,12-15H2,1-2H3;3-8,13H,9-12H2,1-2H3;2-7,12H,8-11,20H2,1H3. The topological polar surface area (TPSA) is 269 Å². The molecule has 0 atom stereocenters. The van der Waals surface area contributed by atoms with Gasteiger partial charge in [0, 0.05) is 128 Å². The summed E-state index contributed by atoms with van der Waals surface area (Å²) < 4.78 is 66.2. The highest BCUT2D eigenvalue weighted by Crippen LogP contribution is 2.35. The summed E-state index contributed by atoms with van der Waals surface area (Å²) in [4.78, 5) is 87.1. The van der Waals surface area contributed by atoms with E-state index in [-0.39, 0.29) is 45.3 Å². The van der Waals surface area contributed by atoms with E-state index in [0.29, 0.717) is 118 Å². The minimum absolute atomic E-state index is 0.0338. The van der Waals surface area contributed by atoms with E-state index in [4.69, 9.17) is 14.6 Å². The third-order valence-electron chi connectivity index (χ3n) is 15.6. The van der Waals surface area contributed by atoms with Crippen LogP contribution in [0, 0.1) is 0 Å². The fourth-order valence-corrected chi connectivity index (χ4v) is 12.9. The number of aryl methyl sites for hydroxylation is 3. The quantitative estimate of drug-likeness (QED) is 0.192. The average Bonchev–Trinajstić information content (AvgIpc) is 1.96. The lowest BCUT2D eigenvalue weighted by atomic mass is 10.1. The van der Waals surface area contributed by atoms with Gasteiger partial charge in [-0.15, -0.1) is 0 Å². The predicted octanol–water partition coefficient (Wildman–Crippen LogP) is 5.05. The van der Waals surface area contributed by atoms with Crippen molar-refractivity contribution >= 4 is 98.7 Å². The number of rotatable bonds is 9. The molecule has 0 radical (unpaired) electrons. The first kappa shape index (κ1) is 59.5. The van der Waals surface area contributed by atoms with E-state index in [1.165, 1.54) is 21.7 Å². The Morgan fingerprint density at radius 3 is 1.24 bits per heavy atom. The van der Waals surface area contributed by atoms with Crippen LogP contribution in [0.1, 0.15) is 31.5 Å². The van der Waals surface area contributed by atoms with E-state index in [2.05, 4.69) is 9.62 Å². The molecule has 3 N–H and O–H groups in total. The van der Waals surface area contributed by atoms with Gasteiger partial charge in [-0.2, -0.15) is 0 Å². The average molecular weight is 1210 g/mol. The molecule has 25 heteroatoms. The first-order valence-corrected chi connectivity index (χ1v) is 31.4. The van der Waals surface area contributed by atoms with Gasteiger partial charge in [0.15, 0.2) is 26.3 Å². The molecule has 9 aromatic rings. The highest BCUT2D eigenvalue weighted by Gasteiger charge is 2.32. The van der Waals surface area contributed by atoms with Crippen molar-refractivity contribution in [3.63, 3.8) is 0 Å². The molecular formula is C61H65N11O12S2. The second kappa shape index (κ2) is 24.5. The van der Waals surface area contributed by atoms with Gasteiger partial charge in [0.05, 0.1) is 52.4 Å². The Balaban J connectivity index is 0.000000144. The predicted molar refractivity (Wildman–Crippen MR) is 332 cm³/mol. The van der Waals surface area contributed by atoms with E-state index >= 15 is 0 Å². The number of nitrogens with two attached hydrogens (primary N) is 1. The van der Waals surface area contributed by atoms with Crippen molar-refractivity contribution in [2.75, 3.05) is 116 Å². The summed E-state index contributed by atoms with van der Waals surface area (Å²) >= 11 is 0. The second-order valence-corrected chi connectivity index (χ2v) is 24.8. The lowest BCUT2D eigenvalue weighted by molar-refractivity contribution is 0.0708. The minimum atomic E-state index is -3.76. The molecule has 3 amide bonds. The number of nitrogens with zero attached hydrogens (tertiary/aromatic N) is 9. The Morgan fingerprint density at radius 2 is 0.814 bits per heavy atom. The van der Waals surface area contributed by atoms with Crippen molar-refractivity contribution in [3.8, 4) is 0 Å². The van der Waals surface area contributed by atoms with E-state index in [9.17, 15) is 45.6 Å². The number of anilines is 5. The summed E-state index contributed by atoms with van der Waals surface area (Å²) in [7, 11) is -2.50. The maximum absolute atomic E-state index is 13.0. The van der Waals surface area contributed by atoms with Crippen molar-refractivity contribution in [2.24, 2.45) is 21.1 Å². The number of sulfone groups is 1. The van der Waals surface area contributed by atoms with Crippen LogP contribution in [0.15, 0.2) is 168 Å². The smallest absolute Gasteiger partial charge is 0.289 e. The van der Waals surface area contributed by atoms with Crippen molar-refractivity contribution in [2.45, 2.75) is 4.90 Å². The molecule has 0 aliphatic carbocycles. The number of piperazine rings is 3. The molecule has 12 rings (SSSR count). The molecule has 3 aliphatic heterocycles. The number of furan rings is 2. The van der Waals surface area contributed by atoms with Crippen LogP contribution in [-0.4, -0.2) is 154 Å². The Bertz CT molecular complexity index is 4450. The van der Waals surface area contributed by atoms with Crippen molar-refractivity contribution in [1.82, 2.24) is 28.4 Å². The van der Waals surface area contributed by atoms with Gasteiger partial charge in [-0.1, -0.05) is 72.8 Å². The van der Waals surface area contributed by atoms with Gasteiger partial charge < -0.3 is 57.7 Å². The minimum Gasteiger partial charge on any atom is -0.459 e. The van der Waals surface area contributed by atoms with Crippen molar-refractivity contribution in [3.05, 3.63) is 188 Å². The molecule has 86 heavy (non-hydrogen) atoms. The number of benzene rings is 4. The van der Waals surface area contributed by atoms with Crippen LogP contribution in [0.4, 0.5) is 28.4 Å². The molecule has 8 heterocycles. The first-order valence-electron chi connectivity index (χ1n) is 27.7. The maximum atomic E-state index is 13.0. The summed E-state index contributed by atoms with van der Waals surface area (Å²) in [5, 5.41) is 2.41. The van der Waals surface area contributed by atoms with E-state index in [1.54, 1.807) is 82.9 Å². The van der Waals surface area contributed by atoms with Crippen LogP contribution in [0.2, 0.25) is 0 Å². The lowest BCUT2D eigenvalue weighted by Gasteiger charge is -2.37. The zero-order chi connectivity index (χ0) is 61.2. The molecule has 23 nitrogen and oxygen atoms in total. The van der Waals surface area contributed by atoms with Gasteiger partial charge in [-0.25, -0.2) is 16.8 Å². The Labute approximate surface area is 495 Å². The number of sulfonamides is 1. The monoisotopic (exact) mass is 1210 g/mol. The number of pyridine rings is 3. The van der Waals surface area contributed by atoms with Crippen LogP contribution < -0.4 is 41.8 Å². The molecular weight excluding hydrogens is 1140 g/mol. The van der Waals surface area contributed by atoms with Gasteiger partial charge >= 0.3 is 0 Å². The van der Waals surface area contributed by atoms with Crippen LogP contribution >= 0.6 is 0 Å². The molecule has 0 spiro atoms. The Hall–Kier alpha value is -9.62. The second-order valence-electron chi connectivity index (χ2n) is 21.1. The van der Waals surface area contributed by atoms with Gasteiger partial charge in [0.2, 0.25) is 10.0 Å². The number of nitrogen functional groups attached to an aromatic ring is 1. The lowest BCUT2D eigenvalue weighted by Crippen LogP contribution is -2.49. The molecule has 3 aliphatic rings. The number of nitrogens with one attached hydrogen (secondary N) is 1. The number of fused-ring (bicyclic) bond motifs is 3. The molecule has 0 bridgehead atoms. The van der Waals surface area contributed by atoms with Gasteiger partial charge in [-0.05, 0) is 54.6 Å². The fourth-order valence-electron chi connectivity index (χ4n) is 11.3. The number of carbonyl (C=O) groups excluding carboxylic acids is 3. The van der Waals surface area contributed by atoms with Crippen LogP contribution in [0.25, 0.3) is 32.7 Å². The van der Waals surface area contributed by atoms with Crippen molar-refractivity contribution in [1.29, 1.82) is 0 Å². The van der Waals surface area contributed by atoms with Gasteiger partial charge in [-0.3, -0.25) is 33.5 Å². The highest BCUT2D eigenvalue weighted by molar-refractivity contribution is 7.92. The largest absolute Gasteiger partial charge is 0.459 e.